The summed E-state index contributed by atoms with van der Waals surface area (Å²) in [7, 11) is 1.56. The molecule has 5 nitrogen and oxygen atoms in total. The molecule has 3 N–H and O–H groups in total. The largest absolute Gasteiger partial charge is 0.497 e. The molecule has 22 heavy (non-hydrogen) atoms. The standard InChI is InChI=1S/C17H20N2O3/c1-4-13-14(5-2)19-16(21)17(13,18)10-15(20)11-6-8-12(22-3)9-7-11/h4-9H,10,18H2,1-3H3,(H,19,21)/b13-4-,14-5-. The zero-order chi connectivity index (χ0) is 16.3. The van der Waals surface area contributed by atoms with E-state index in [-0.39, 0.29) is 18.1 Å². The van der Waals surface area contributed by atoms with E-state index in [1.54, 1.807) is 50.5 Å². The molecule has 0 aromatic heterocycles. The summed E-state index contributed by atoms with van der Waals surface area (Å²) in [6.07, 6.45) is 3.47. The molecule has 0 aliphatic carbocycles. The van der Waals surface area contributed by atoms with Gasteiger partial charge in [0.1, 0.15) is 11.3 Å². The summed E-state index contributed by atoms with van der Waals surface area (Å²) in [4.78, 5) is 24.7. The lowest BCUT2D eigenvalue weighted by atomic mass is 9.85. The van der Waals surface area contributed by atoms with Crippen molar-refractivity contribution in [1.82, 2.24) is 5.32 Å². The third-order valence-electron chi connectivity index (χ3n) is 3.85. The molecule has 1 atom stereocenters. The number of allylic oxidation sites excluding steroid dienone is 2. The second-order valence-electron chi connectivity index (χ2n) is 5.16. The van der Waals surface area contributed by atoms with Crippen LogP contribution < -0.4 is 15.8 Å². The summed E-state index contributed by atoms with van der Waals surface area (Å²) in [6.45, 7) is 3.62. The number of hydrogen-bond donors (Lipinski definition) is 2. The maximum Gasteiger partial charge on any atom is 0.249 e. The molecule has 1 amide bonds. The average molecular weight is 300 g/mol. The quantitative estimate of drug-likeness (QED) is 0.833. The van der Waals surface area contributed by atoms with Gasteiger partial charge in [-0.25, -0.2) is 0 Å². The molecule has 1 saturated heterocycles. The van der Waals surface area contributed by atoms with Crippen molar-refractivity contribution >= 4 is 11.7 Å². The number of rotatable bonds is 4. The zero-order valence-corrected chi connectivity index (χ0v) is 13.0. The predicted molar refractivity (Wildman–Crippen MR) is 84.5 cm³/mol. The van der Waals surface area contributed by atoms with Gasteiger partial charge in [-0.2, -0.15) is 0 Å². The van der Waals surface area contributed by atoms with E-state index in [1.807, 2.05) is 6.92 Å². The van der Waals surface area contributed by atoms with Crippen molar-refractivity contribution < 1.29 is 14.3 Å². The molecular formula is C17H20N2O3. The summed E-state index contributed by atoms with van der Waals surface area (Å²) in [6, 6.07) is 6.75. The fourth-order valence-corrected chi connectivity index (χ4v) is 2.61. The van der Waals surface area contributed by atoms with Crippen molar-refractivity contribution in [2.75, 3.05) is 7.11 Å². The predicted octanol–water partition coefficient (Wildman–Crippen LogP) is 1.95. The van der Waals surface area contributed by atoms with E-state index >= 15 is 0 Å². The molecule has 0 radical (unpaired) electrons. The van der Waals surface area contributed by atoms with Gasteiger partial charge < -0.3 is 15.8 Å². The Balaban J connectivity index is 2.27. The Hall–Kier alpha value is -2.40. The number of ether oxygens (including phenoxy) is 1. The topological polar surface area (TPSA) is 81.4 Å². The van der Waals surface area contributed by atoms with Gasteiger partial charge in [0.2, 0.25) is 5.91 Å². The van der Waals surface area contributed by atoms with E-state index < -0.39 is 5.54 Å². The number of hydrogen-bond acceptors (Lipinski definition) is 4. The van der Waals surface area contributed by atoms with Crippen LogP contribution in [0.1, 0.15) is 30.6 Å². The highest BCUT2D eigenvalue weighted by Gasteiger charge is 2.46. The number of carbonyl (C=O) groups excluding carboxylic acids is 2. The first-order chi connectivity index (χ1) is 10.5. The fraction of sp³-hybridized carbons (Fsp3) is 0.294. The van der Waals surface area contributed by atoms with Crippen LogP contribution in [0.3, 0.4) is 0 Å². The Morgan fingerprint density at radius 3 is 2.41 bits per heavy atom. The monoisotopic (exact) mass is 300 g/mol. The van der Waals surface area contributed by atoms with Gasteiger partial charge in [-0.1, -0.05) is 12.2 Å². The molecular weight excluding hydrogens is 280 g/mol. The Morgan fingerprint density at radius 2 is 1.91 bits per heavy atom. The molecule has 1 aliphatic heterocycles. The maximum atomic E-state index is 12.5. The normalized spacial score (nSPS) is 24.6. The first kappa shape index (κ1) is 16.0. The van der Waals surface area contributed by atoms with Crippen LogP contribution in [0.25, 0.3) is 0 Å². The smallest absolute Gasteiger partial charge is 0.249 e. The molecule has 1 aromatic carbocycles. The number of amides is 1. The van der Waals surface area contributed by atoms with E-state index in [2.05, 4.69) is 5.32 Å². The molecule has 5 heteroatoms. The number of ketones is 1. The molecule has 1 aromatic rings. The van der Waals surface area contributed by atoms with E-state index in [4.69, 9.17) is 10.5 Å². The average Bonchev–Trinajstić information content (AvgIpc) is 2.77. The van der Waals surface area contributed by atoms with Gasteiger partial charge in [-0.05, 0) is 38.1 Å². The number of carbonyl (C=O) groups is 2. The molecule has 0 spiro atoms. The van der Waals surface area contributed by atoms with Crippen molar-refractivity contribution in [2.24, 2.45) is 5.73 Å². The third kappa shape index (κ3) is 2.67. The van der Waals surface area contributed by atoms with Gasteiger partial charge in [0.25, 0.3) is 0 Å². The highest BCUT2D eigenvalue weighted by Crippen LogP contribution is 2.32. The lowest BCUT2D eigenvalue weighted by Gasteiger charge is -2.21. The highest BCUT2D eigenvalue weighted by atomic mass is 16.5. The van der Waals surface area contributed by atoms with Crippen LogP contribution in [0, 0.1) is 0 Å². The third-order valence-corrected chi connectivity index (χ3v) is 3.85. The number of nitrogens with one attached hydrogen (secondary N) is 1. The minimum atomic E-state index is -1.33. The number of Topliss-reactive ketones (excluding diaryl/α,β-unsaturated/α-hetero) is 1. The first-order valence-corrected chi connectivity index (χ1v) is 7.07. The molecule has 1 fully saturated rings. The second kappa shape index (κ2) is 6.15. The van der Waals surface area contributed by atoms with Crippen LogP contribution in [0.4, 0.5) is 0 Å². The molecule has 1 aliphatic rings. The Labute approximate surface area is 129 Å². The van der Waals surface area contributed by atoms with Crippen LogP contribution >= 0.6 is 0 Å². The molecule has 2 rings (SSSR count). The Morgan fingerprint density at radius 1 is 1.27 bits per heavy atom. The molecule has 1 heterocycles. The van der Waals surface area contributed by atoms with Crippen LogP contribution in [-0.2, 0) is 4.79 Å². The summed E-state index contributed by atoms with van der Waals surface area (Å²) in [5, 5.41) is 2.73. The summed E-state index contributed by atoms with van der Waals surface area (Å²) < 4.78 is 5.07. The van der Waals surface area contributed by atoms with Crippen LogP contribution in [0.5, 0.6) is 5.75 Å². The maximum absolute atomic E-state index is 12.5. The summed E-state index contributed by atoms with van der Waals surface area (Å²) >= 11 is 0. The van der Waals surface area contributed by atoms with E-state index in [9.17, 15) is 9.59 Å². The van der Waals surface area contributed by atoms with Crippen LogP contribution in [0.2, 0.25) is 0 Å². The second-order valence-corrected chi connectivity index (χ2v) is 5.16. The SMILES string of the molecule is C/C=C1\NC(=O)C(N)(CC(=O)c2ccc(OC)cc2)\C1=C/C. The fourth-order valence-electron chi connectivity index (χ4n) is 2.61. The van der Waals surface area contributed by atoms with E-state index in [1.165, 1.54) is 0 Å². The van der Waals surface area contributed by atoms with Gasteiger partial charge in [0, 0.05) is 23.3 Å². The summed E-state index contributed by atoms with van der Waals surface area (Å²) in [5.74, 6) is 0.135. The van der Waals surface area contributed by atoms with Crippen molar-refractivity contribution in [2.45, 2.75) is 25.8 Å². The molecule has 116 valence electrons. The minimum Gasteiger partial charge on any atom is -0.497 e. The molecule has 0 saturated carbocycles. The van der Waals surface area contributed by atoms with Gasteiger partial charge in [-0.15, -0.1) is 0 Å². The van der Waals surface area contributed by atoms with Gasteiger partial charge in [0.05, 0.1) is 7.11 Å². The van der Waals surface area contributed by atoms with Gasteiger partial charge >= 0.3 is 0 Å². The van der Waals surface area contributed by atoms with Crippen molar-refractivity contribution in [1.29, 1.82) is 0 Å². The van der Waals surface area contributed by atoms with Crippen LogP contribution in [-0.4, -0.2) is 24.3 Å². The highest BCUT2D eigenvalue weighted by molar-refractivity contribution is 6.05. The zero-order valence-electron chi connectivity index (χ0n) is 13.0. The Kier molecular flexibility index (Phi) is 4.47. The van der Waals surface area contributed by atoms with Gasteiger partial charge in [0.15, 0.2) is 5.78 Å². The number of benzene rings is 1. The molecule has 0 bridgehead atoms. The van der Waals surface area contributed by atoms with Crippen LogP contribution in [0.15, 0.2) is 47.7 Å². The Bertz CT molecular complexity index is 659. The number of nitrogens with two attached hydrogens (primary N) is 1. The van der Waals surface area contributed by atoms with E-state index in [0.717, 1.165) is 0 Å². The van der Waals surface area contributed by atoms with Gasteiger partial charge in [-0.3, -0.25) is 9.59 Å². The summed E-state index contributed by atoms with van der Waals surface area (Å²) in [5.41, 5.74) is 6.75. The van der Waals surface area contributed by atoms with Crippen molar-refractivity contribution in [3.8, 4) is 5.75 Å². The number of methoxy groups -OCH3 is 1. The first-order valence-electron chi connectivity index (χ1n) is 7.07. The minimum absolute atomic E-state index is 0.0812. The van der Waals surface area contributed by atoms with Crippen molar-refractivity contribution in [3.05, 3.63) is 53.3 Å². The van der Waals surface area contributed by atoms with Crippen molar-refractivity contribution in [3.63, 3.8) is 0 Å². The lowest BCUT2D eigenvalue weighted by molar-refractivity contribution is -0.122. The van der Waals surface area contributed by atoms with E-state index in [0.29, 0.717) is 22.6 Å². The molecule has 1 unspecified atom stereocenters. The lowest BCUT2D eigenvalue weighted by Crippen LogP contribution is -2.49.